The Labute approximate surface area is 283 Å². The molecule has 11 nitrogen and oxygen atoms in total. The van der Waals surface area contributed by atoms with Crippen LogP contribution in [0.4, 0.5) is 16.2 Å². The van der Waals surface area contributed by atoms with Crippen molar-refractivity contribution in [3.8, 4) is 17.2 Å². The molecular formula is C37H48N4O7. The molecular weight excluding hydrogens is 612 g/mol. The number of carbonyl (C=O) groups is 2. The summed E-state index contributed by atoms with van der Waals surface area (Å²) in [6.07, 6.45) is 2.31. The van der Waals surface area contributed by atoms with Crippen LogP contribution in [-0.2, 0) is 11.3 Å². The topological polar surface area (TPSA) is 122 Å². The molecule has 0 aliphatic carbocycles. The predicted octanol–water partition coefficient (Wildman–Crippen LogP) is 5.99. The largest absolute Gasteiger partial charge is 0.490 e. The Hall–Kier alpha value is -4.32. The van der Waals surface area contributed by atoms with Crippen molar-refractivity contribution in [2.45, 2.75) is 64.8 Å². The molecule has 3 amide bonds. The number of aliphatic hydroxyl groups excluding tert-OH is 1. The lowest BCUT2D eigenvalue weighted by atomic mass is 10.0. The second-order valence-corrected chi connectivity index (χ2v) is 12.8. The highest BCUT2D eigenvalue weighted by Gasteiger charge is 2.30. The fraction of sp³-hybridized carbons (Fsp3) is 0.459. The Kier molecular flexibility index (Phi) is 12.2. The Morgan fingerprint density at radius 1 is 0.979 bits per heavy atom. The Bertz CT molecular complexity index is 1520. The minimum atomic E-state index is -0.481. The average molecular weight is 661 g/mol. The van der Waals surface area contributed by atoms with Crippen molar-refractivity contribution in [1.82, 2.24) is 9.80 Å². The van der Waals surface area contributed by atoms with Gasteiger partial charge in [-0.25, -0.2) is 4.79 Å². The van der Waals surface area contributed by atoms with Gasteiger partial charge in [0, 0.05) is 49.6 Å². The number of benzene rings is 3. The molecule has 3 aromatic rings. The predicted molar refractivity (Wildman–Crippen MR) is 185 cm³/mol. The Morgan fingerprint density at radius 2 is 1.69 bits per heavy atom. The number of aliphatic hydroxyl groups is 1. The van der Waals surface area contributed by atoms with Crippen molar-refractivity contribution in [3.63, 3.8) is 0 Å². The number of rotatable bonds is 8. The third-order valence-corrected chi connectivity index (χ3v) is 8.73. The van der Waals surface area contributed by atoms with Crippen molar-refractivity contribution in [2.75, 3.05) is 50.8 Å². The quantitative estimate of drug-likeness (QED) is 0.270. The van der Waals surface area contributed by atoms with E-state index >= 15 is 0 Å². The number of hydrogen-bond acceptors (Lipinski definition) is 8. The number of nitrogens with zero attached hydrogens (tertiary/aromatic N) is 2. The highest BCUT2D eigenvalue weighted by molar-refractivity contribution is 6.02. The Morgan fingerprint density at radius 3 is 2.44 bits per heavy atom. The number of anilines is 2. The van der Waals surface area contributed by atoms with Gasteiger partial charge in [-0.15, -0.1) is 0 Å². The summed E-state index contributed by atoms with van der Waals surface area (Å²) in [4.78, 5) is 31.3. The maximum Gasteiger partial charge on any atom is 0.323 e. The molecule has 0 radical (unpaired) electrons. The fourth-order valence-corrected chi connectivity index (χ4v) is 6.00. The van der Waals surface area contributed by atoms with E-state index in [1.54, 1.807) is 41.3 Å². The van der Waals surface area contributed by atoms with Gasteiger partial charge in [0.05, 0.1) is 30.4 Å². The first-order valence-electron chi connectivity index (χ1n) is 16.7. The molecule has 2 heterocycles. The third kappa shape index (κ3) is 9.40. The zero-order valence-electron chi connectivity index (χ0n) is 28.3. The molecule has 0 spiro atoms. The fourth-order valence-electron chi connectivity index (χ4n) is 6.00. The van der Waals surface area contributed by atoms with Crippen LogP contribution < -0.4 is 24.8 Å². The van der Waals surface area contributed by atoms with Crippen LogP contribution in [0.5, 0.6) is 17.2 Å². The normalized spacial score (nSPS) is 20.8. The van der Waals surface area contributed by atoms with Crippen molar-refractivity contribution >= 4 is 23.3 Å². The highest BCUT2D eigenvalue weighted by atomic mass is 16.7. The van der Waals surface area contributed by atoms with Crippen LogP contribution in [0.25, 0.3) is 0 Å². The van der Waals surface area contributed by atoms with Gasteiger partial charge in [-0.1, -0.05) is 37.3 Å². The molecule has 2 aliphatic heterocycles. The van der Waals surface area contributed by atoms with Crippen molar-refractivity contribution in [2.24, 2.45) is 5.92 Å². The molecule has 48 heavy (non-hydrogen) atoms. The molecule has 258 valence electrons. The molecule has 0 aromatic heterocycles. The second-order valence-electron chi connectivity index (χ2n) is 12.8. The van der Waals surface area contributed by atoms with E-state index in [1.807, 2.05) is 32.0 Å². The number of likely N-dealkylation sites (N-methyl/N-ethyl adjacent to an activating group) is 1. The van der Waals surface area contributed by atoms with Gasteiger partial charge in [0.15, 0.2) is 11.5 Å². The van der Waals surface area contributed by atoms with Gasteiger partial charge in [-0.3, -0.25) is 9.69 Å². The molecule has 3 N–H and O–H groups in total. The molecule has 0 fully saturated rings. The lowest BCUT2D eigenvalue weighted by molar-refractivity contribution is -0.0177. The monoisotopic (exact) mass is 660 g/mol. The van der Waals surface area contributed by atoms with Gasteiger partial charge in [-0.05, 0) is 76.1 Å². The van der Waals surface area contributed by atoms with E-state index in [-0.39, 0.29) is 37.4 Å². The van der Waals surface area contributed by atoms with Gasteiger partial charge in [0.1, 0.15) is 5.75 Å². The third-order valence-electron chi connectivity index (χ3n) is 8.73. The van der Waals surface area contributed by atoms with Gasteiger partial charge >= 0.3 is 6.03 Å². The number of nitrogens with one attached hydrogen (secondary N) is 2. The van der Waals surface area contributed by atoms with Crippen LogP contribution in [0.2, 0.25) is 0 Å². The number of ether oxygens (including phenoxy) is 4. The number of urea groups is 1. The van der Waals surface area contributed by atoms with Crippen LogP contribution >= 0.6 is 0 Å². The molecule has 0 saturated carbocycles. The second kappa shape index (κ2) is 16.7. The zero-order valence-corrected chi connectivity index (χ0v) is 28.3. The lowest BCUT2D eigenvalue weighted by Gasteiger charge is -2.36. The minimum Gasteiger partial charge on any atom is -0.490 e. The molecule has 11 heteroatoms. The SMILES string of the molecule is C[C@@H]1CCCCO[C@@H](CN(C)Cc2ccccc2)[C@H](C)CN([C@@H](C)CO)C(=O)c2cc(NC(=O)Nc3ccc4c(c3)OCO4)ccc2O1. The van der Waals surface area contributed by atoms with E-state index in [0.29, 0.717) is 53.9 Å². The van der Waals surface area contributed by atoms with Crippen molar-refractivity contribution < 1.29 is 33.6 Å². The number of fused-ring (bicyclic) bond motifs is 2. The van der Waals surface area contributed by atoms with E-state index in [9.17, 15) is 14.7 Å². The van der Waals surface area contributed by atoms with E-state index in [2.05, 4.69) is 41.6 Å². The zero-order chi connectivity index (χ0) is 34.0. The summed E-state index contributed by atoms with van der Waals surface area (Å²) in [5, 5.41) is 15.9. The molecule has 3 aromatic carbocycles. The summed E-state index contributed by atoms with van der Waals surface area (Å²) >= 11 is 0. The number of amides is 3. The summed E-state index contributed by atoms with van der Waals surface area (Å²) in [5.41, 5.74) is 2.49. The van der Waals surface area contributed by atoms with E-state index in [4.69, 9.17) is 18.9 Å². The van der Waals surface area contributed by atoms with Crippen LogP contribution in [0.15, 0.2) is 66.7 Å². The summed E-state index contributed by atoms with van der Waals surface area (Å²) in [5.74, 6) is 1.27. The van der Waals surface area contributed by atoms with E-state index in [1.165, 1.54) is 5.56 Å². The maximum absolute atomic E-state index is 14.4. The summed E-state index contributed by atoms with van der Waals surface area (Å²) < 4.78 is 23.6. The van der Waals surface area contributed by atoms with Crippen molar-refractivity contribution in [1.29, 1.82) is 0 Å². The summed E-state index contributed by atoms with van der Waals surface area (Å²) in [7, 11) is 2.08. The minimum absolute atomic E-state index is 0.0406. The van der Waals surface area contributed by atoms with Crippen molar-refractivity contribution in [3.05, 3.63) is 77.9 Å². The van der Waals surface area contributed by atoms with Gasteiger partial charge in [-0.2, -0.15) is 0 Å². The van der Waals surface area contributed by atoms with E-state index < -0.39 is 12.1 Å². The van der Waals surface area contributed by atoms with E-state index in [0.717, 1.165) is 25.8 Å². The summed E-state index contributed by atoms with van der Waals surface area (Å²) in [6.45, 7) is 8.29. The lowest BCUT2D eigenvalue weighted by Crippen LogP contribution is -2.47. The highest BCUT2D eigenvalue weighted by Crippen LogP contribution is 2.34. The smallest absolute Gasteiger partial charge is 0.323 e. The summed E-state index contributed by atoms with van der Waals surface area (Å²) in [6, 6.07) is 19.6. The molecule has 2 aliphatic rings. The first kappa shape index (κ1) is 35.0. The molecule has 4 atom stereocenters. The molecule has 0 saturated heterocycles. The van der Waals surface area contributed by atoms with Crippen LogP contribution in [-0.4, -0.2) is 85.2 Å². The molecule has 0 bridgehead atoms. The Balaban J connectivity index is 1.36. The van der Waals surface area contributed by atoms with Crippen LogP contribution in [0.1, 0.15) is 56.0 Å². The van der Waals surface area contributed by atoms with Gasteiger partial charge in [0.25, 0.3) is 5.91 Å². The van der Waals surface area contributed by atoms with Crippen LogP contribution in [0.3, 0.4) is 0 Å². The standard InChI is InChI=1S/C37H48N4O7/c1-25-20-41(26(2)23-42)36(43)31-18-29(38-37(44)39-30-14-16-33-34(19-30)47-24-46-33)13-15-32(31)48-27(3)10-8-9-17-45-35(25)22-40(4)21-28-11-6-5-7-12-28/h5-7,11-16,18-19,25-27,35,42H,8-10,17,20-24H2,1-4H3,(H2,38,39,44)/t25-,26+,27-,35+/m1/s1. The first-order valence-corrected chi connectivity index (χ1v) is 16.7. The maximum atomic E-state index is 14.4. The number of carbonyl (C=O) groups excluding carboxylic acids is 2. The van der Waals surface area contributed by atoms with Gasteiger partial charge in [0.2, 0.25) is 6.79 Å². The molecule has 0 unspecified atom stereocenters. The van der Waals surface area contributed by atoms with Gasteiger partial charge < -0.3 is 39.6 Å². The van der Waals surface area contributed by atoms with Crippen LogP contribution in [0, 0.1) is 5.92 Å². The average Bonchev–Trinajstić information content (AvgIpc) is 3.54. The molecule has 5 rings (SSSR count). The first-order chi connectivity index (χ1) is 23.2. The number of hydrogen-bond donors (Lipinski definition) is 3.